The summed E-state index contributed by atoms with van der Waals surface area (Å²) < 4.78 is 0. The smallest absolute Gasteiger partial charge is 0.270 e. The molecule has 0 unspecified atom stereocenters. The monoisotopic (exact) mass is 345 g/mol. The van der Waals surface area contributed by atoms with E-state index in [2.05, 4.69) is 29.4 Å². The van der Waals surface area contributed by atoms with Crippen LogP contribution in [0, 0.1) is 10.1 Å². The molecule has 0 aromatic heterocycles. The highest BCUT2D eigenvalue weighted by molar-refractivity contribution is 5.80. The third-order valence-electron chi connectivity index (χ3n) is 3.87. The first-order valence-electron chi connectivity index (χ1n) is 8.32. The van der Waals surface area contributed by atoms with E-state index in [1.807, 2.05) is 41.4 Å². The first-order valence-corrected chi connectivity index (χ1v) is 8.32. The minimum absolute atomic E-state index is 0.0617. The fraction of sp³-hybridized carbons (Fsp3) is 0.0952. The van der Waals surface area contributed by atoms with Crippen molar-refractivity contribution in [2.45, 2.75) is 13.1 Å². The SMILES string of the molecule is O=[N+]([O-])c1cccc(/C=N/N(Cc2ccccc2)Cc2ccccc2)c1. The highest BCUT2D eigenvalue weighted by atomic mass is 16.6. The largest absolute Gasteiger partial charge is 0.288 e. The quantitative estimate of drug-likeness (QED) is 0.356. The molecular formula is C21H19N3O2. The number of nitrogens with zero attached hydrogens (tertiary/aromatic N) is 3. The van der Waals surface area contributed by atoms with Crippen LogP contribution in [0.1, 0.15) is 16.7 Å². The van der Waals surface area contributed by atoms with Gasteiger partial charge in [-0.15, -0.1) is 0 Å². The average molecular weight is 345 g/mol. The Hall–Kier alpha value is -3.47. The number of hydrogen-bond acceptors (Lipinski definition) is 4. The lowest BCUT2D eigenvalue weighted by Gasteiger charge is -2.19. The van der Waals surface area contributed by atoms with E-state index in [-0.39, 0.29) is 5.69 Å². The third kappa shape index (κ3) is 5.01. The zero-order valence-corrected chi connectivity index (χ0v) is 14.2. The van der Waals surface area contributed by atoms with Crippen LogP contribution in [-0.4, -0.2) is 16.1 Å². The Kier molecular flexibility index (Phi) is 5.72. The summed E-state index contributed by atoms with van der Waals surface area (Å²) in [6, 6.07) is 26.7. The molecule has 130 valence electrons. The number of non-ortho nitro benzene ring substituents is 1. The molecule has 3 aromatic carbocycles. The molecule has 0 saturated heterocycles. The molecule has 3 aromatic rings. The van der Waals surface area contributed by atoms with E-state index in [0.29, 0.717) is 18.7 Å². The topological polar surface area (TPSA) is 58.7 Å². The maximum atomic E-state index is 10.9. The third-order valence-corrected chi connectivity index (χ3v) is 3.87. The van der Waals surface area contributed by atoms with Crippen molar-refractivity contribution in [1.82, 2.24) is 5.01 Å². The molecule has 0 bridgehead atoms. The summed E-state index contributed by atoms with van der Waals surface area (Å²) in [4.78, 5) is 10.5. The van der Waals surface area contributed by atoms with Gasteiger partial charge in [-0.05, 0) is 11.1 Å². The van der Waals surface area contributed by atoms with E-state index in [9.17, 15) is 10.1 Å². The molecule has 5 heteroatoms. The van der Waals surface area contributed by atoms with Crippen molar-refractivity contribution in [3.63, 3.8) is 0 Å². The second-order valence-corrected chi connectivity index (χ2v) is 5.89. The van der Waals surface area contributed by atoms with Gasteiger partial charge in [0.2, 0.25) is 0 Å². The second-order valence-electron chi connectivity index (χ2n) is 5.89. The van der Waals surface area contributed by atoms with Gasteiger partial charge >= 0.3 is 0 Å². The predicted octanol–water partition coefficient (Wildman–Crippen LogP) is 4.63. The zero-order chi connectivity index (χ0) is 18.2. The Morgan fingerprint density at radius 1 is 0.846 bits per heavy atom. The number of benzene rings is 3. The van der Waals surface area contributed by atoms with Crippen LogP contribution in [0.4, 0.5) is 5.69 Å². The molecule has 0 aliphatic carbocycles. The molecule has 0 aliphatic heterocycles. The molecule has 26 heavy (non-hydrogen) atoms. The molecule has 0 radical (unpaired) electrons. The van der Waals surface area contributed by atoms with Gasteiger partial charge in [-0.25, -0.2) is 0 Å². The molecule has 5 nitrogen and oxygen atoms in total. The zero-order valence-electron chi connectivity index (χ0n) is 14.2. The fourth-order valence-corrected chi connectivity index (χ4v) is 2.59. The van der Waals surface area contributed by atoms with Gasteiger partial charge in [0.25, 0.3) is 5.69 Å². The van der Waals surface area contributed by atoms with Gasteiger partial charge < -0.3 is 0 Å². The van der Waals surface area contributed by atoms with Crippen molar-refractivity contribution in [3.05, 3.63) is 112 Å². The highest BCUT2D eigenvalue weighted by Gasteiger charge is 2.06. The minimum Gasteiger partial charge on any atom is -0.288 e. The van der Waals surface area contributed by atoms with E-state index in [1.54, 1.807) is 18.3 Å². The summed E-state index contributed by atoms with van der Waals surface area (Å²) in [5.41, 5.74) is 3.07. The van der Waals surface area contributed by atoms with Crippen molar-refractivity contribution in [2.75, 3.05) is 0 Å². The van der Waals surface area contributed by atoms with Crippen molar-refractivity contribution >= 4 is 11.9 Å². The first-order chi connectivity index (χ1) is 12.7. The highest BCUT2D eigenvalue weighted by Crippen LogP contribution is 2.13. The Balaban J connectivity index is 1.80. The molecule has 0 N–H and O–H groups in total. The second kappa shape index (κ2) is 8.58. The molecular weight excluding hydrogens is 326 g/mol. The van der Waals surface area contributed by atoms with Gasteiger partial charge in [0.15, 0.2) is 0 Å². The summed E-state index contributed by atoms with van der Waals surface area (Å²) in [5, 5.41) is 17.4. The maximum absolute atomic E-state index is 10.9. The van der Waals surface area contributed by atoms with Crippen molar-refractivity contribution in [2.24, 2.45) is 5.10 Å². The molecule has 0 amide bonds. The first kappa shape index (κ1) is 17.4. The van der Waals surface area contributed by atoms with Crippen LogP contribution < -0.4 is 0 Å². The number of hydrazone groups is 1. The number of nitro groups is 1. The minimum atomic E-state index is -0.400. The normalized spacial score (nSPS) is 10.8. The lowest BCUT2D eigenvalue weighted by atomic mass is 10.2. The molecule has 0 fully saturated rings. The summed E-state index contributed by atoms with van der Waals surface area (Å²) in [7, 11) is 0. The fourth-order valence-electron chi connectivity index (χ4n) is 2.59. The van der Waals surface area contributed by atoms with Crippen LogP contribution in [0.5, 0.6) is 0 Å². The van der Waals surface area contributed by atoms with Crippen molar-refractivity contribution in [1.29, 1.82) is 0 Å². The Labute approximate surface area is 152 Å². The Morgan fingerprint density at radius 2 is 1.42 bits per heavy atom. The van der Waals surface area contributed by atoms with Crippen LogP contribution in [0.15, 0.2) is 90.0 Å². The van der Waals surface area contributed by atoms with Gasteiger partial charge in [-0.2, -0.15) is 5.10 Å². The number of rotatable bonds is 7. The van der Waals surface area contributed by atoms with Gasteiger partial charge in [-0.1, -0.05) is 72.8 Å². The van der Waals surface area contributed by atoms with Crippen LogP contribution in [0.25, 0.3) is 0 Å². The van der Waals surface area contributed by atoms with E-state index in [0.717, 1.165) is 11.1 Å². The molecule has 3 rings (SSSR count). The van der Waals surface area contributed by atoms with Crippen molar-refractivity contribution in [3.8, 4) is 0 Å². The Bertz CT molecular complexity index is 839. The van der Waals surface area contributed by atoms with Crippen LogP contribution in [-0.2, 0) is 13.1 Å². The number of nitro benzene ring substituents is 1. The van der Waals surface area contributed by atoms with E-state index in [4.69, 9.17) is 0 Å². The lowest BCUT2D eigenvalue weighted by Crippen LogP contribution is -2.17. The standard InChI is InChI=1S/C21H19N3O2/c25-24(26)21-13-7-12-20(14-21)15-22-23(16-18-8-3-1-4-9-18)17-19-10-5-2-6-11-19/h1-15H,16-17H2/b22-15+. The van der Waals surface area contributed by atoms with Crippen LogP contribution in [0.2, 0.25) is 0 Å². The Morgan fingerprint density at radius 3 is 1.96 bits per heavy atom. The maximum Gasteiger partial charge on any atom is 0.270 e. The van der Waals surface area contributed by atoms with Crippen LogP contribution in [0.3, 0.4) is 0 Å². The number of hydrogen-bond donors (Lipinski definition) is 0. The summed E-state index contributed by atoms with van der Waals surface area (Å²) in [5.74, 6) is 0. The van der Waals surface area contributed by atoms with E-state index in [1.165, 1.54) is 12.1 Å². The summed E-state index contributed by atoms with van der Waals surface area (Å²) >= 11 is 0. The van der Waals surface area contributed by atoms with Gasteiger partial charge in [0.05, 0.1) is 24.2 Å². The van der Waals surface area contributed by atoms with Gasteiger partial charge in [0, 0.05) is 17.7 Å². The van der Waals surface area contributed by atoms with E-state index >= 15 is 0 Å². The molecule has 0 atom stereocenters. The van der Waals surface area contributed by atoms with E-state index < -0.39 is 4.92 Å². The average Bonchev–Trinajstić information content (AvgIpc) is 2.68. The predicted molar refractivity (Wildman–Crippen MR) is 103 cm³/mol. The van der Waals surface area contributed by atoms with Crippen LogP contribution >= 0.6 is 0 Å². The molecule has 0 heterocycles. The molecule has 0 spiro atoms. The van der Waals surface area contributed by atoms with Crippen molar-refractivity contribution < 1.29 is 4.92 Å². The van der Waals surface area contributed by atoms with Gasteiger partial charge in [-0.3, -0.25) is 15.1 Å². The van der Waals surface area contributed by atoms with Gasteiger partial charge in [0.1, 0.15) is 0 Å². The molecule has 0 aliphatic rings. The lowest BCUT2D eigenvalue weighted by molar-refractivity contribution is -0.384. The summed E-state index contributed by atoms with van der Waals surface area (Å²) in [6.07, 6.45) is 1.67. The molecule has 0 saturated carbocycles. The summed E-state index contributed by atoms with van der Waals surface area (Å²) in [6.45, 7) is 1.31.